The number of rotatable bonds is 5. The third-order valence-corrected chi connectivity index (χ3v) is 3.40. The number of amides is 4. The van der Waals surface area contributed by atoms with Crippen molar-refractivity contribution in [3.8, 4) is 0 Å². The van der Waals surface area contributed by atoms with E-state index in [9.17, 15) is 18.8 Å². The molecule has 0 bridgehead atoms. The molecule has 4 amide bonds. The second-order valence-corrected chi connectivity index (χ2v) is 5.05. The van der Waals surface area contributed by atoms with Crippen molar-refractivity contribution < 1.29 is 18.8 Å². The summed E-state index contributed by atoms with van der Waals surface area (Å²) in [5, 5.41) is 2.13. The first kappa shape index (κ1) is 16.5. The van der Waals surface area contributed by atoms with Gasteiger partial charge in [-0.1, -0.05) is 18.2 Å². The summed E-state index contributed by atoms with van der Waals surface area (Å²) >= 11 is 0. The van der Waals surface area contributed by atoms with E-state index >= 15 is 0 Å². The summed E-state index contributed by atoms with van der Waals surface area (Å²) in [5.74, 6) is -2.82. The molecule has 0 saturated carbocycles. The Hall–Kier alpha value is -2.83. The fourth-order valence-corrected chi connectivity index (χ4v) is 2.18. The van der Waals surface area contributed by atoms with Crippen molar-refractivity contribution in [1.29, 1.82) is 0 Å². The van der Waals surface area contributed by atoms with Crippen molar-refractivity contribution in [1.82, 2.24) is 10.2 Å². The molecule has 0 radical (unpaired) electrons. The SMILES string of the molecule is C=CCN1C(=O)NC(=O)C(C(C)=NCc2ccc(F)cc2)C1=O. The van der Waals surface area contributed by atoms with Gasteiger partial charge in [0, 0.05) is 12.3 Å². The second-order valence-electron chi connectivity index (χ2n) is 5.05. The summed E-state index contributed by atoms with van der Waals surface area (Å²) < 4.78 is 12.9. The van der Waals surface area contributed by atoms with Crippen LogP contribution in [0.25, 0.3) is 0 Å². The molecule has 120 valence electrons. The summed E-state index contributed by atoms with van der Waals surface area (Å²) in [4.78, 5) is 41.0. The molecule has 23 heavy (non-hydrogen) atoms. The molecule has 1 atom stereocenters. The Labute approximate surface area is 132 Å². The van der Waals surface area contributed by atoms with Gasteiger partial charge in [0.1, 0.15) is 5.82 Å². The van der Waals surface area contributed by atoms with E-state index in [1.54, 1.807) is 19.1 Å². The van der Waals surface area contributed by atoms with Crippen molar-refractivity contribution in [2.75, 3.05) is 6.54 Å². The lowest BCUT2D eigenvalue weighted by Crippen LogP contribution is -2.59. The highest BCUT2D eigenvalue weighted by Crippen LogP contribution is 2.14. The van der Waals surface area contributed by atoms with E-state index < -0.39 is 23.8 Å². The number of hydrogen-bond donors (Lipinski definition) is 1. The van der Waals surface area contributed by atoms with E-state index in [1.165, 1.54) is 18.2 Å². The molecule has 1 heterocycles. The van der Waals surface area contributed by atoms with Crippen LogP contribution in [0.5, 0.6) is 0 Å². The first-order valence-corrected chi connectivity index (χ1v) is 6.96. The monoisotopic (exact) mass is 317 g/mol. The van der Waals surface area contributed by atoms with Crippen LogP contribution in [0.4, 0.5) is 9.18 Å². The van der Waals surface area contributed by atoms with Crippen molar-refractivity contribution >= 4 is 23.6 Å². The van der Waals surface area contributed by atoms with Crippen LogP contribution < -0.4 is 5.32 Å². The highest BCUT2D eigenvalue weighted by atomic mass is 19.1. The average Bonchev–Trinajstić information content (AvgIpc) is 2.50. The molecule has 1 aromatic rings. The predicted octanol–water partition coefficient (Wildman–Crippen LogP) is 1.67. The van der Waals surface area contributed by atoms with Gasteiger partial charge in [0.2, 0.25) is 11.8 Å². The predicted molar refractivity (Wildman–Crippen MR) is 82.2 cm³/mol. The van der Waals surface area contributed by atoms with Crippen molar-refractivity contribution in [3.63, 3.8) is 0 Å². The maximum absolute atomic E-state index is 12.9. The molecule has 1 aliphatic heterocycles. The maximum atomic E-state index is 12.9. The maximum Gasteiger partial charge on any atom is 0.331 e. The number of barbiturate groups is 1. The Morgan fingerprint density at radius 2 is 2.00 bits per heavy atom. The van der Waals surface area contributed by atoms with Crippen LogP contribution >= 0.6 is 0 Å². The molecule has 0 aromatic heterocycles. The average molecular weight is 317 g/mol. The van der Waals surface area contributed by atoms with Crippen LogP contribution in [0.1, 0.15) is 12.5 Å². The molecule has 0 aliphatic carbocycles. The molecular weight excluding hydrogens is 301 g/mol. The molecule has 1 N–H and O–H groups in total. The smallest absolute Gasteiger partial charge is 0.288 e. The van der Waals surface area contributed by atoms with Gasteiger partial charge in [-0.05, 0) is 24.6 Å². The number of urea groups is 1. The minimum Gasteiger partial charge on any atom is -0.288 e. The zero-order valence-corrected chi connectivity index (χ0v) is 12.6. The summed E-state index contributed by atoms with van der Waals surface area (Å²) in [7, 11) is 0. The quantitative estimate of drug-likeness (QED) is 0.510. The number of nitrogens with one attached hydrogen (secondary N) is 1. The van der Waals surface area contributed by atoms with Crippen molar-refractivity contribution in [2.24, 2.45) is 10.9 Å². The number of nitrogens with zero attached hydrogens (tertiary/aromatic N) is 2. The number of carbonyl (C=O) groups excluding carboxylic acids is 3. The Morgan fingerprint density at radius 1 is 1.35 bits per heavy atom. The van der Waals surface area contributed by atoms with Gasteiger partial charge in [-0.25, -0.2) is 9.18 Å². The van der Waals surface area contributed by atoms with E-state index in [0.29, 0.717) is 5.71 Å². The zero-order chi connectivity index (χ0) is 17.0. The molecule has 1 aromatic carbocycles. The zero-order valence-electron chi connectivity index (χ0n) is 12.6. The normalized spacial score (nSPS) is 18.9. The lowest BCUT2D eigenvalue weighted by Gasteiger charge is -2.29. The van der Waals surface area contributed by atoms with Crippen LogP contribution in [-0.2, 0) is 16.1 Å². The minimum atomic E-state index is -1.15. The highest BCUT2D eigenvalue weighted by molar-refractivity contribution is 6.27. The Morgan fingerprint density at radius 3 is 2.61 bits per heavy atom. The van der Waals surface area contributed by atoms with Gasteiger partial charge >= 0.3 is 6.03 Å². The fourth-order valence-electron chi connectivity index (χ4n) is 2.18. The summed E-state index contributed by atoms with van der Waals surface area (Å²) in [5.41, 5.74) is 1.03. The van der Waals surface area contributed by atoms with E-state index in [1.807, 2.05) is 0 Å². The van der Waals surface area contributed by atoms with Gasteiger partial charge in [0.15, 0.2) is 5.92 Å². The van der Waals surface area contributed by atoms with Gasteiger partial charge in [-0.15, -0.1) is 6.58 Å². The highest BCUT2D eigenvalue weighted by Gasteiger charge is 2.41. The standard InChI is InChI=1S/C16H16FN3O3/c1-3-8-20-15(22)13(14(21)19-16(20)23)10(2)18-9-11-4-6-12(17)7-5-11/h3-7,13H,1,8-9H2,2H3,(H,19,21,23). The Bertz CT molecular complexity index is 682. The third kappa shape index (κ3) is 3.68. The van der Waals surface area contributed by atoms with E-state index in [-0.39, 0.29) is 18.9 Å². The topological polar surface area (TPSA) is 78.8 Å². The van der Waals surface area contributed by atoms with Gasteiger partial charge in [0.05, 0.1) is 6.54 Å². The molecule has 6 nitrogen and oxygen atoms in total. The van der Waals surface area contributed by atoms with Crippen LogP contribution in [0.2, 0.25) is 0 Å². The first-order valence-electron chi connectivity index (χ1n) is 6.96. The van der Waals surface area contributed by atoms with Gasteiger partial charge in [0.25, 0.3) is 0 Å². The largest absolute Gasteiger partial charge is 0.331 e. The van der Waals surface area contributed by atoms with E-state index in [4.69, 9.17) is 0 Å². The molecule has 1 unspecified atom stereocenters. The first-order chi connectivity index (χ1) is 10.9. The number of imide groups is 2. The summed E-state index contributed by atoms with van der Waals surface area (Å²) in [6.45, 7) is 5.25. The van der Waals surface area contributed by atoms with Gasteiger partial charge < -0.3 is 0 Å². The Balaban J connectivity index is 2.17. The molecular formula is C16H16FN3O3. The van der Waals surface area contributed by atoms with Crippen LogP contribution in [0, 0.1) is 11.7 Å². The number of benzene rings is 1. The lowest BCUT2D eigenvalue weighted by atomic mass is 9.99. The van der Waals surface area contributed by atoms with Crippen LogP contribution in [-0.4, -0.2) is 35.0 Å². The third-order valence-electron chi connectivity index (χ3n) is 3.40. The molecule has 0 spiro atoms. The summed E-state index contributed by atoms with van der Waals surface area (Å²) in [6.07, 6.45) is 1.40. The van der Waals surface area contributed by atoms with E-state index in [0.717, 1.165) is 10.5 Å². The van der Waals surface area contributed by atoms with Crippen LogP contribution in [0.3, 0.4) is 0 Å². The minimum absolute atomic E-state index is 0.0136. The number of hydrogen-bond acceptors (Lipinski definition) is 4. The second kappa shape index (κ2) is 6.95. The number of halogens is 1. The van der Waals surface area contributed by atoms with E-state index in [2.05, 4.69) is 16.9 Å². The molecule has 1 fully saturated rings. The van der Waals surface area contributed by atoms with Gasteiger partial charge in [-0.2, -0.15) is 0 Å². The number of aliphatic imine (C=N–C) groups is 1. The van der Waals surface area contributed by atoms with Gasteiger partial charge in [-0.3, -0.25) is 24.8 Å². The molecule has 7 heteroatoms. The van der Waals surface area contributed by atoms with Crippen molar-refractivity contribution in [2.45, 2.75) is 13.5 Å². The number of carbonyl (C=O) groups is 3. The molecule has 1 saturated heterocycles. The molecule has 1 aliphatic rings. The Kier molecular flexibility index (Phi) is 5.00. The fraction of sp³-hybridized carbons (Fsp3) is 0.250. The van der Waals surface area contributed by atoms with Crippen molar-refractivity contribution in [3.05, 3.63) is 48.3 Å². The lowest BCUT2D eigenvalue weighted by molar-refractivity contribution is -0.139. The summed E-state index contributed by atoms with van der Waals surface area (Å²) in [6, 6.07) is 5.00. The van der Waals surface area contributed by atoms with Crippen LogP contribution in [0.15, 0.2) is 41.9 Å². The molecule has 2 rings (SSSR count).